The van der Waals surface area contributed by atoms with Crippen molar-refractivity contribution in [1.82, 2.24) is 9.55 Å². The standard InChI is InChI=1S/C16H20N2O3/c1-16(15(19)20,11-18-10-9-17-12-18)8-7-13-3-5-14(21-2)6-4-13/h3-6,9-10,12H,7-8,11H2,1-2H3,(H,19,20). The van der Waals surface area contributed by atoms with Crippen molar-refractivity contribution < 1.29 is 14.6 Å². The van der Waals surface area contributed by atoms with Crippen LogP contribution in [0.2, 0.25) is 0 Å². The van der Waals surface area contributed by atoms with E-state index in [1.165, 1.54) is 0 Å². The monoisotopic (exact) mass is 288 g/mol. The van der Waals surface area contributed by atoms with E-state index in [1.54, 1.807) is 32.8 Å². The number of aryl methyl sites for hydroxylation is 1. The number of imidazole rings is 1. The highest BCUT2D eigenvalue weighted by molar-refractivity contribution is 5.74. The van der Waals surface area contributed by atoms with Gasteiger partial charge in [-0.25, -0.2) is 4.98 Å². The number of methoxy groups -OCH3 is 1. The summed E-state index contributed by atoms with van der Waals surface area (Å²) in [7, 11) is 1.63. The van der Waals surface area contributed by atoms with E-state index in [9.17, 15) is 9.90 Å². The Morgan fingerprint density at radius 2 is 2.10 bits per heavy atom. The molecule has 0 bridgehead atoms. The molecule has 5 heteroatoms. The quantitative estimate of drug-likeness (QED) is 0.850. The number of carbonyl (C=O) groups is 1. The van der Waals surface area contributed by atoms with Crippen LogP contribution in [0.15, 0.2) is 43.0 Å². The molecule has 1 N–H and O–H groups in total. The number of hydrogen-bond donors (Lipinski definition) is 1. The molecule has 1 aromatic carbocycles. The summed E-state index contributed by atoms with van der Waals surface area (Å²) in [4.78, 5) is 15.6. The maximum Gasteiger partial charge on any atom is 0.311 e. The maximum absolute atomic E-state index is 11.6. The number of ether oxygens (including phenoxy) is 1. The molecule has 2 aromatic rings. The van der Waals surface area contributed by atoms with Crippen LogP contribution >= 0.6 is 0 Å². The molecule has 1 unspecified atom stereocenters. The highest BCUT2D eigenvalue weighted by Crippen LogP contribution is 2.27. The minimum absolute atomic E-state index is 0.415. The van der Waals surface area contributed by atoms with Gasteiger partial charge in [-0.05, 0) is 37.5 Å². The molecule has 5 nitrogen and oxygen atoms in total. The minimum Gasteiger partial charge on any atom is -0.497 e. The molecule has 0 amide bonds. The van der Waals surface area contributed by atoms with E-state index in [1.807, 2.05) is 28.8 Å². The second-order valence-electron chi connectivity index (χ2n) is 5.45. The largest absolute Gasteiger partial charge is 0.497 e. The number of carboxylic acids is 1. The van der Waals surface area contributed by atoms with Crippen molar-refractivity contribution >= 4 is 5.97 Å². The maximum atomic E-state index is 11.6. The Balaban J connectivity index is 2.03. The molecule has 0 saturated heterocycles. The normalized spacial score (nSPS) is 13.6. The number of aromatic nitrogens is 2. The molecular weight excluding hydrogens is 268 g/mol. The molecule has 0 fully saturated rings. The number of carboxylic acid groups (broad SMARTS) is 1. The van der Waals surface area contributed by atoms with Crippen LogP contribution in [0.3, 0.4) is 0 Å². The number of rotatable bonds is 7. The van der Waals surface area contributed by atoms with Crippen molar-refractivity contribution in [2.75, 3.05) is 7.11 Å². The fourth-order valence-corrected chi connectivity index (χ4v) is 2.25. The predicted octanol–water partition coefficient (Wildman–Crippen LogP) is 2.62. The van der Waals surface area contributed by atoms with Crippen molar-refractivity contribution in [1.29, 1.82) is 0 Å². The number of nitrogens with zero attached hydrogens (tertiary/aromatic N) is 2. The zero-order valence-corrected chi connectivity index (χ0v) is 12.3. The highest BCUT2D eigenvalue weighted by Gasteiger charge is 2.33. The molecule has 21 heavy (non-hydrogen) atoms. The van der Waals surface area contributed by atoms with Gasteiger partial charge in [0, 0.05) is 18.9 Å². The van der Waals surface area contributed by atoms with E-state index in [-0.39, 0.29) is 0 Å². The molecule has 0 saturated carbocycles. The fraction of sp³-hybridized carbons (Fsp3) is 0.375. The Kier molecular flexibility index (Phi) is 4.62. The Morgan fingerprint density at radius 1 is 1.38 bits per heavy atom. The van der Waals surface area contributed by atoms with Gasteiger partial charge in [0.25, 0.3) is 0 Å². The van der Waals surface area contributed by atoms with Crippen LogP contribution in [0.1, 0.15) is 18.9 Å². The Hall–Kier alpha value is -2.30. The van der Waals surface area contributed by atoms with E-state index >= 15 is 0 Å². The zero-order valence-electron chi connectivity index (χ0n) is 12.3. The predicted molar refractivity (Wildman–Crippen MR) is 79.3 cm³/mol. The topological polar surface area (TPSA) is 64.4 Å². The number of benzene rings is 1. The molecule has 0 aliphatic rings. The smallest absolute Gasteiger partial charge is 0.311 e. The average Bonchev–Trinajstić information content (AvgIpc) is 2.98. The summed E-state index contributed by atoms with van der Waals surface area (Å²) in [5, 5.41) is 9.54. The molecule has 1 heterocycles. The SMILES string of the molecule is COc1ccc(CCC(C)(Cn2ccnc2)C(=O)O)cc1. The van der Waals surface area contributed by atoms with Crippen LogP contribution in [0.25, 0.3) is 0 Å². The first-order chi connectivity index (χ1) is 10.0. The lowest BCUT2D eigenvalue weighted by molar-refractivity contribution is -0.149. The second-order valence-corrected chi connectivity index (χ2v) is 5.45. The first-order valence-electron chi connectivity index (χ1n) is 6.85. The molecule has 0 aliphatic carbocycles. The third kappa shape index (κ3) is 3.84. The lowest BCUT2D eigenvalue weighted by atomic mass is 9.84. The van der Waals surface area contributed by atoms with Crippen molar-refractivity contribution in [3.8, 4) is 5.75 Å². The first kappa shape index (κ1) is 15.1. The highest BCUT2D eigenvalue weighted by atomic mass is 16.5. The lowest BCUT2D eigenvalue weighted by Gasteiger charge is -2.25. The van der Waals surface area contributed by atoms with Crippen LogP contribution in [0.5, 0.6) is 5.75 Å². The Bertz CT molecular complexity index is 578. The zero-order chi connectivity index (χ0) is 15.3. The van der Waals surface area contributed by atoms with Gasteiger partial charge >= 0.3 is 5.97 Å². The summed E-state index contributed by atoms with van der Waals surface area (Å²) in [5.41, 5.74) is 0.287. The van der Waals surface area contributed by atoms with Crippen molar-refractivity contribution in [2.24, 2.45) is 5.41 Å². The van der Waals surface area contributed by atoms with E-state index in [4.69, 9.17) is 4.74 Å². The van der Waals surface area contributed by atoms with Gasteiger partial charge in [0.2, 0.25) is 0 Å². The molecule has 112 valence electrons. The van der Waals surface area contributed by atoms with Gasteiger partial charge in [0.15, 0.2) is 0 Å². The van der Waals surface area contributed by atoms with Gasteiger partial charge in [-0.1, -0.05) is 12.1 Å². The molecule has 0 aliphatic heterocycles. The van der Waals surface area contributed by atoms with E-state index in [2.05, 4.69) is 4.98 Å². The third-order valence-electron chi connectivity index (χ3n) is 3.73. The van der Waals surface area contributed by atoms with Gasteiger partial charge < -0.3 is 14.4 Å². The van der Waals surface area contributed by atoms with Crippen LogP contribution in [-0.4, -0.2) is 27.7 Å². The molecule has 1 atom stereocenters. The lowest BCUT2D eigenvalue weighted by Crippen LogP contribution is -2.32. The molecule has 1 aromatic heterocycles. The second kappa shape index (κ2) is 6.43. The summed E-state index contributed by atoms with van der Waals surface area (Å²) >= 11 is 0. The summed E-state index contributed by atoms with van der Waals surface area (Å²) in [6.45, 7) is 2.19. The minimum atomic E-state index is -0.819. The molecular formula is C16H20N2O3. The molecule has 0 spiro atoms. The van der Waals surface area contributed by atoms with Gasteiger partial charge in [0.05, 0.1) is 18.9 Å². The van der Waals surface area contributed by atoms with Crippen LogP contribution in [0, 0.1) is 5.41 Å². The van der Waals surface area contributed by atoms with Gasteiger partial charge in [-0.3, -0.25) is 4.79 Å². The van der Waals surface area contributed by atoms with E-state index in [0.717, 1.165) is 11.3 Å². The third-order valence-corrected chi connectivity index (χ3v) is 3.73. The van der Waals surface area contributed by atoms with Gasteiger partial charge in [-0.2, -0.15) is 0 Å². The van der Waals surface area contributed by atoms with Crippen molar-refractivity contribution in [3.63, 3.8) is 0 Å². The van der Waals surface area contributed by atoms with Crippen molar-refractivity contribution in [3.05, 3.63) is 48.5 Å². The van der Waals surface area contributed by atoms with Crippen LogP contribution in [0.4, 0.5) is 0 Å². The summed E-state index contributed by atoms with van der Waals surface area (Å²) < 4.78 is 6.93. The van der Waals surface area contributed by atoms with Gasteiger partial charge in [0.1, 0.15) is 5.75 Å². The van der Waals surface area contributed by atoms with Crippen LogP contribution < -0.4 is 4.74 Å². The molecule has 2 rings (SSSR count). The van der Waals surface area contributed by atoms with Crippen LogP contribution in [-0.2, 0) is 17.8 Å². The summed E-state index contributed by atoms with van der Waals surface area (Å²) in [6, 6.07) is 7.73. The summed E-state index contributed by atoms with van der Waals surface area (Å²) in [6.07, 6.45) is 6.36. The number of aliphatic carboxylic acids is 1. The number of hydrogen-bond acceptors (Lipinski definition) is 3. The fourth-order valence-electron chi connectivity index (χ4n) is 2.25. The van der Waals surface area contributed by atoms with E-state index < -0.39 is 11.4 Å². The van der Waals surface area contributed by atoms with E-state index in [0.29, 0.717) is 19.4 Å². The summed E-state index contributed by atoms with van der Waals surface area (Å²) in [5.74, 6) is 0.0165. The van der Waals surface area contributed by atoms with Crippen molar-refractivity contribution in [2.45, 2.75) is 26.3 Å². The first-order valence-corrected chi connectivity index (χ1v) is 6.85. The Labute approximate surface area is 124 Å². The van der Waals surface area contributed by atoms with Gasteiger partial charge in [-0.15, -0.1) is 0 Å². The molecule has 0 radical (unpaired) electrons. The average molecular weight is 288 g/mol. The Morgan fingerprint density at radius 3 is 2.62 bits per heavy atom.